The highest BCUT2D eigenvalue weighted by molar-refractivity contribution is 7.16. The molecule has 5 heterocycles. The zero-order valence-electron chi connectivity index (χ0n) is 27.8. The Morgan fingerprint density at radius 3 is 2.15 bits per heavy atom. The van der Waals surface area contributed by atoms with Crippen LogP contribution in [0.3, 0.4) is 0 Å². The van der Waals surface area contributed by atoms with Gasteiger partial charge in [-0.2, -0.15) is 0 Å². The fourth-order valence-corrected chi connectivity index (χ4v) is 7.09. The zero-order valence-corrected chi connectivity index (χ0v) is 28.6. The number of benzene rings is 1. The number of nitrogens with one attached hydrogen (secondary N) is 2. The third kappa shape index (κ3) is 6.99. The number of rotatable bonds is 5. The first kappa shape index (κ1) is 31.8. The fraction of sp³-hybridized carbons (Fsp3) is 0.486. The number of fused-ring (bicyclic) bond motifs is 1. The molecule has 0 bridgehead atoms. The third-order valence-corrected chi connectivity index (χ3v) is 9.26. The first-order chi connectivity index (χ1) is 21.7. The smallest absolute Gasteiger partial charge is 0.410 e. The summed E-state index contributed by atoms with van der Waals surface area (Å²) in [6, 6.07) is 10.2. The van der Waals surface area contributed by atoms with E-state index in [-0.39, 0.29) is 24.3 Å². The van der Waals surface area contributed by atoms with E-state index in [2.05, 4.69) is 52.2 Å². The highest BCUT2D eigenvalue weighted by Crippen LogP contribution is 2.36. The van der Waals surface area contributed by atoms with Crippen LogP contribution in [-0.2, 0) is 9.47 Å². The lowest BCUT2D eigenvalue weighted by Crippen LogP contribution is -2.36. The maximum absolute atomic E-state index is 12.8. The normalized spacial score (nSPS) is 19.3. The third-order valence-electron chi connectivity index (χ3n) is 8.19. The Balaban J connectivity index is 1.15. The predicted molar refractivity (Wildman–Crippen MR) is 181 cm³/mol. The Hall–Kier alpha value is -4.12. The number of hydrogen-bond acceptors (Lipinski definition) is 7. The Kier molecular flexibility index (Phi) is 8.47. The lowest BCUT2D eigenvalue weighted by Gasteiger charge is -2.27. The molecular weight excluding hydrogens is 600 g/mol. The van der Waals surface area contributed by atoms with E-state index in [9.17, 15) is 9.59 Å². The summed E-state index contributed by atoms with van der Waals surface area (Å²) in [6.45, 7) is 14.8. The van der Waals surface area contributed by atoms with Gasteiger partial charge in [-0.3, -0.25) is 9.80 Å². The monoisotopic (exact) mass is 644 g/mol. The van der Waals surface area contributed by atoms with Crippen molar-refractivity contribution in [2.75, 3.05) is 13.1 Å². The average Bonchev–Trinajstić information content (AvgIpc) is 3.79. The Morgan fingerprint density at radius 1 is 0.891 bits per heavy atom. The van der Waals surface area contributed by atoms with Crippen LogP contribution in [0.1, 0.15) is 108 Å². The van der Waals surface area contributed by atoms with Crippen molar-refractivity contribution in [2.45, 2.75) is 97.4 Å². The molecule has 2 aliphatic heterocycles. The SMILES string of the molecule is C/C(=C\c1ccc(-c2cnc([C@@H]3CCCN3C(=O)OC(C)(C)C)[nH]2)s1)c1ccc2nc([C@@H]3CCCN3C(=O)OC(C)(C)C)[nH]c2c1. The first-order valence-corrected chi connectivity index (χ1v) is 16.9. The number of nitrogens with zero attached hydrogens (tertiary/aromatic N) is 4. The van der Waals surface area contributed by atoms with E-state index in [0.29, 0.717) is 13.1 Å². The number of ether oxygens (including phenoxy) is 2. The van der Waals surface area contributed by atoms with Crippen molar-refractivity contribution in [1.29, 1.82) is 0 Å². The Morgan fingerprint density at radius 2 is 1.52 bits per heavy atom. The van der Waals surface area contributed by atoms with Crippen LogP contribution in [0.2, 0.25) is 0 Å². The van der Waals surface area contributed by atoms with Crippen molar-refractivity contribution in [1.82, 2.24) is 29.7 Å². The fourth-order valence-electron chi connectivity index (χ4n) is 6.12. The van der Waals surface area contributed by atoms with Gasteiger partial charge in [-0.25, -0.2) is 19.6 Å². The number of carbonyl (C=O) groups excluding carboxylic acids is 2. The minimum atomic E-state index is -0.540. The molecular formula is C35H44N6O4S. The highest BCUT2D eigenvalue weighted by Gasteiger charge is 2.36. The van der Waals surface area contributed by atoms with Gasteiger partial charge in [-0.1, -0.05) is 6.07 Å². The lowest BCUT2D eigenvalue weighted by molar-refractivity contribution is 0.0208. The molecule has 2 atom stereocenters. The van der Waals surface area contributed by atoms with Crippen molar-refractivity contribution in [2.24, 2.45) is 0 Å². The predicted octanol–water partition coefficient (Wildman–Crippen LogP) is 8.72. The van der Waals surface area contributed by atoms with E-state index in [4.69, 9.17) is 14.5 Å². The molecule has 2 amide bonds. The van der Waals surface area contributed by atoms with Crippen LogP contribution in [0.15, 0.2) is 36.5 Å². The molecule has 2 fully saturated rings. The second-order valence-electron chi connectivity index (χ2n) is 14.2. The molecule has 11 heteroatoms. The molecule has 0 saturated carbocycles. The molecule has 3 aromatic heterocycles. The minimum absolute atomic E-state index is 0.114. The summed E-state index contributed by atoms with van der Waals surface area (Å²) in [5, 5.41) is 0. The lowest BCUT2D eigenvalue weighted by atomic mass is 10.1. The molecule has 0 radical (unpaired) electrons. The molecule has 0 unspecified atom stereocenters. The van der Waals surface area contributed by atoms with Gasteiger partial charge >= 0.3 is 12.2 Å². The molecule has 4 aromatic rings. The summed E-state index contributed by atoms with van der Waals surface area (Å²) in [4.78, 5) is 47.9. The van der Waals surface area contributed by atoms with Crippen molar-refractivity contribution in [3.05, 3.63) is 58.6 Å². The van der Waals surface area contributed by atoms with E-state index in [0.717, 1.165) is 75.0 Å². The van der Waals surface area contributed by atoms with Gasteiger partial charge in [0, 0.05) is 18.0 Å². The highest BCUT2D eigenvalue weighted by atomic mass is 32.1. The number of H-pyrrole nitrogens is 2. The van der Waals surface area contributed by atoms with E-state index >= 15 is 0 Å². The summed E-state index contributed by atoms with van der Waals surface area (Å²) in [7, 11) is 0. The van der Waals surface area contributed by atoms with Gasteiger partial charge in [0.15, 0.2) is 0 Å². The molecule has 1 aromatic carbocycles. The summed E-state index contributed by atoms with van der Waals surface area (Å²) in [6.07, 6.45) is 7.00. The van der Waals surface area contributed by atoms with Gasteiger partial charge in [0.1, 0.15) is 22.9 Å². The number of carbonyl (C=O) groups is 2. The Bertz CT molecular complexity index is 1770. The standard InChI is InChI=1S/C35H44N6O4S/c1-21(22-12-14-24-25(19-22)38-31(37-24)28-11-9-17-41(28)33(43)45-35(5,6)7)18-23-13-15-29(46-23)26-20-36-30(39-26)27-10-8-16-40(27)32(42)44-34(2,3)4/h12-15,18-20,27-28H,8-11,16-17H2,1-7H3,(H,36,39)(H,37,38)/b21-18+/t27-,28-/m0/s1. The Labute approximate surface area is 274 Å². The van der Waals surface area contributed by atoms with Crippen LogP contribution in [0.5, 0.6) is 0 Å². The first-order valence-electron chi connectivity index (χ1n) is 16.1. The van der Waals surface area contributed by atoms with Crippen molar-refractivity contribution in [3.63, 3.8) is 0 Å². The summed E-state index contributed by atoms with van der Waals surface area (Å²) < 4.78 is 11.3. The second kappa shape index (κ2) is 12.2. The summed E-state index contributed by atoms with van der Waals surface area (Å²) in [5.74, 6) is 1.59. The van der Waals surface area contributed by atoms with Crippen LogP contribution >= 0.6 is 11.3 Å². The van der Waals surface area contributed by atoms with Crippen LogP contribution in [0.4, 0.5) is 9.59 Å². The van der Waals surface area contributed by atoms with Crippen LogP contribution in [-0.4, -0.2) is 66.2 Å². The quantitative estimate of drug-likeness (QED) is 0.224. The molecule has 2 saturated heterocycles. The van der Waals surface area contributed by atoms with E-state index in [1.165, 1.54) is 0 Å². The number of hydrogen-bond donors (Lipinski definition) is 2. The van der Waals surface area contributed by atoms with Gasteiger partial charge in [0.05, 0.1) is 39.9 Å². The van der Waals surface area contributed by atoms with E-state index < -0.39 is 11.2 Å². The maximum Gasteiger partial charge on any atom is 0.410 e. The van der Waals surface area contributed by atoms with Gasteiger partial charge < -0.3 is 19.4 Å². The number of imidazole rings is 2. The molecule has 2 N–H and O–H groups in total. The van der Waals surface area contributed by atoms with Crippen LogP contribution in [0.25, 0.3) is 33.3 Å². The van der Waals surface area contributed by atoms with Crippen LogP contribution in [0, 0.1) is 0 Å². The van der Waals surface area contributed by atoms with Gasteiger partial charge in [-0.05, 0) is 116 Å². The largest absolute Gasteiger partial charge is 0.444 e. The summed E-state index contributed by atoms with van der Waals surface area (Å²) in [5.41, 5.74) is 3.91. The molecule has 6 rings (SSSR count). The molecule has 2 aliphatic rings. The second-order valence-corrected chi connectivity index (χ2v) is 15.3. The van der Waals surface area contributed by atoms with Gasteiger partial charge in [-0.15, -0.1) is 11.3 Å². The van der Waals surface area contributed by atoms with E-state index in [1.807, 2.05) is 53.8 Å². The number of likely N-dealkylation sites (tertiary alicyclic amines) is 2. The van der Waals surface area contributed by atoms with Gasteiger partial charge in [0.25, 0.3) is 0 Å². The number of allylic oxidation sites excluding steroid dienone is 1. The zero-order chi connectivity index (χ0) is 32.8. The molecule has 10 nitrogen and oxygen atoms in total. The molecule has 46 heavy (non-hydrogen) atoms. The maximum atomic E-state index is 12.8. The van der Waals surface area contributed by atoms with Crippen LogP contribution < -0.4 is 0 Å². The van der Waals surface area contributed by atoms with Crippen molar-refractivity contribution >= 4 is 46.2 Å². The number of thiophene rings is 1. The van der Waals surface area contributed by atoms with Gasteiger partial charge in [0.2, 0.25) is 0 Å². The molecule has 244 valence electrons. The molecule has 0 spiro atoms. The average molecular weight is 645 g/mol. The van der Waals surface area contributed by atoms with Crippen molar-refractivity contribution in [3.8, 4) is 10.6 Å². The molecule has 0 aliphatic carbocycles. The number of aromatic amines is 2. The minimum Gasteiger partial charge on any atom is -0.444 e. The summed E-state index contributed by atoms with van der Waals surface area (Å²) >= 11 is 1.69. The topological polar surface area (TPSA) is 116 Å². The van der Waals surface area contributed by atoms with E-state index in [1.54, 1.807) is 21.1 Å². The number of amides is 2. The van der Waals surface area contributed by atoms with Crippen molar-refractivity contribution < 1.29 is 19.1 Å². The number of aromatic nitrogens is 4.